The van der Waals surface area contributed by atoms with E-state index >= 15 is 0 Å². The second-order valence-electron chi connectivity index (χ2n) is 19.7. The van der Waals surface area contributed by atoms with E-state index in [1.807, 2.05) is 11.3 Å². The van der Waals surface area contributed by atoms with Crippen LogP contribution < -0.4 is 4.90 Å². The summed E-state index contributed by atoms with van der Waals surface area (Å²) in [5.74, 6) is 0. The lowest BCUT2D eigenvalue weighted by Crippen LogP contribution is -2.16. The van der Waals surface area contributed by atoms with Crippen LogP contribution in [0.2, 0.25) is 0 Å². The van der Waals surface area contributed by atoms with Crippen LogP contribution in [0.4, 0.5) is 17.1 Å². The topological polar surface area (TPSA) is 8.17 Å². The maximum Gasteiger partial charge on any atom is 0.0640 e. The Bertz CT molecular complexity index is 4250. The maximum absolute atomic E-state index is 2.47. The lowest BCUT2D eigenvalue weighted by atomic mass is 9.82. The number of rotatable bonds is 8. The van der Waals surface area contributed by atoms with E-state index in [0.717, 1.165) is 11.4 Å². The van der Waals surface area contributed by atoms with Crippen LogP contribution >= 0.6 is 11.3 Å². The first-order valence-corrected chi connectivity index (χ1v) is 25.7. The third-order valence-corrected chi connectivity index (χ3v) is 16.4. The molecule has 2 nitrogen and oxygen atoms in total. The van der Waals surface area contributed by atoms with Crippen LogP contribution in [0.25, 0.3) is 103 Å². The first-order valence-electron chi connectivity index (χ1n) is 24.9. The highest BCUT2D eigenvalue weighted by molar-refractivity contribution is 7.26. The molecule has 0 unspecified atom stereocenters. The molecule has 0 N–H and O–H groups in total. The van der Waals surface area contributed by atoms with Crippen LogP contribution in [-0.2, 0) is 5.41 Å². The smallest absolute Gasteiger partial charge is 0.0640 e. The van der Waals surface area contributed by atoms with Gasteiger partial charge in [0.1, 0.15) is 0 Å². The number of anilines is 3. The van der Waals surface area contributed by atoms with Crippen molar-refractivity contribution < 1.29 is 0 Å². The van der Waals surface area contributed by atoms with Crippen molar-refractivity contribution in [3.63, 3.8) is 0 Å². The highest BCUT2D eigenvalue weighted by Gasteiger charge is 2.36. The lowest BCUT2D eigenvalue weighted by molar-refractivity contribution is 0.660. The molecule has 0 bridgehead atoms. The first-order chi connectivity index (χ1) is 35.4. The fraction of sp³-hybridized carbons (Fsp3) is 0.0435. The van der Waals surface area contributed by atoms with E-state index in [1.165, 1.54) is 120 Å². The summed E-state index contributed by atoms with van der Waals surface area (Å²) < 4.78 is 4.97. The number of aromatic nitrogens is 1. The minimum absolute atomic E-state index is 0.113. The Kier molecular flexibility index (Phi) is 9.77. The van der Waals surface area contributed by atoms with Crippen LogP contribution in [0.3, 0.4) is 0 Å². The van der Waals surface area contributed by atoms with Gasteiger partial charge in [0.15, 0.2) is 0 Å². The number of benzene rings is 11. The van der Waals surface area contributed by atoms with Crippen molar-refractivity contribution in [1.82, 2.24) is 4.57 Å². The second-order valence-corrected chi connectivity index (χ2v) is 20.7. The van der Waals surface area contributed by atoms with Gasteiger partial charge in [-0.05, 0) is 152 Å². The van der Waals surface area contributed by atoms with Gasteiger partial charge < -0.3 is 9.47 Å². The lowest BCUT2D eigenvalue weighted by Gasteiger charge is -2.28. The number of thiophene rings is 1. The Morgan fingerprint density at radius 3 is 1.60 bits per heavy atom. The van der Waals surface area contributed by atoms with Crippen LogP contribution in [0.5, 0.6) is 0 Å². The first kappa shape index (κ1) is 42.1. The van der Waals surface area contributed by atoms with E-state index in [0.29, 0.717) is 0 Å². The van der Waals surface area contributed by atoms with Gasteiger partial charge in [-0.2, -0.15) is 0 Å². The molecule has 0 aliphatic heterocycles. The van der Waals surface area contributed by atoms with Crippen LogP contribution in [0.15, 0.2) is 255 Å². The summed E-state index contributed by atoms with van der Waals surface area (Å²) in [5, 5.41) is 5.11. The number of hydrogen-bond donors (Lipinski definition) is 0. The molecular formula is C69H48N2S. The summed E-state index contributed by atoms with van der Waals surface area (Å²) in [6.07, 6.45) is 0. The molecule has 340 valence electrons. The van der Waals surface area contributed by atoms with Crippen LogP contribution in [-0.4, -0.2) is 4.57 Å². The van der Waals surface area contributed by atoms with E-state index in [2.05, 4.69) is 278 Å². The number of fused-ring (bicyclic) bond motifs is 9. The molecule has 0 radical (unpaired) electrons. The van der Waals surface area contributed by atoms with Gasteiger partial charge in [-0.1, -0.05) is 184 Å². The maximum atomic E-state index is 2.47. The van der Waals surface area contributed by atoms with Crippen molar-refractivity contribution in [3.05, 3.63) is 266 Å². The van der Waals surface area contributed by atoms with Gasteiger partial charge in [0.2, 0.25) is 0 Å². The summed E-state index contributed by atoms with van der Waals surface area (Å²) in [5.41, 5.74) is 21.9. The Labute approximate surface area is 424 Å². The van der Waals surface area contributed by atoms with Gasteiger partial charge in [0, 0.05) is 48.7 Å². The zero-order valence-electron chi connectivity index (χ0n) is 40.1. The van der Waals surface area contributed by atoms with Crippen molar-refractivity contribution in [2.75, 3.05) is 4.90 Å². The molecule has 0 spiro atoms. The fourth-order valence-corrected chi connectivity index (χ4v) is 12.8. The van der Waals surface area contributed by atoms with Crippen LogP contribution in [0, 0.1) is 0 Å². The van der Waals surface area contributed by atoms with E-state index in [4.69, 9.17) is 0 Å². The average Bonchev–Trinajstić information content (AvgIpc) is 4.07. The summed E-state index contributed by atoms with van der Waals surface area (Å²) >= 11 is 1.88. The third kappa shape index (κ3) is 6.84. The zero-order valence-corrected chi connectivity index (χ0v) is 40.9. The summed E-state index contributed by atoms with van der Waals surface area (Å²) in [7, 11) is 0. The highest BCUT2D eigenvalue weighted by Crippen LogP contribution is 2.52. The molecule has 0 saturated carbocycles. The Balaban J connectivity index is 0.796. The molecule has 0 saturated heterocycles. The predicted molar refractivity (Wildman–Crippen MR) is 308 cm³/mol. The third-order valence-electron chi connectivity index (χ3n) is 15.2. The minimum atomic E-state index is -0.113. The van der Waals surface area contributed by atoms with Gasteiger partial charge in [-0.3, -0.25) is 0 Å². The van der Waals surface area contributed by atoms with E-state index in [9.17, 15) is 0 Å². The van der Waals surface area contributed by atoms with Crippen LogP contribution in [0.1, 0.15) is 25.0 Å². The van der Waals surface area contributed by atoms with Gasteiger partial charge in [-0.25, -0.2) is 0 Å². The Hall–Kier alpha value is -8.76. The fourth-order valence-electron chi connectivity index (χ4n) is 11.6. The molecule has 11 aromatic carbocycles. The van der Waals surface area contributed by atoms with Gasteiger partial charge in [0.25, 0.3) is 0 Å². The molecule has 2 heterocycles. The molecule has 3 heteroatoms. The summed E-state index contributed by atoms with van der Waals surface area (Å²) in [6, 6.07) is 94.0. The van der Waals surface area contributed by atoms with E-state index in [1.54, 1.807) is 0 Å². The molecule has 72 heavy (non-hydrogen) atoms. The zero-order chi connectivity index (χ0) is 47.9. The minimum Gasteiger partial charge on any atom is -0.309 e. The average molecular weight is 937 g/mol. The van der Waals surface area contributed by atoms with Gasteiger partial charge >= 0.3 is 0 Å². The molecule has 1 aliphatic carbocycles. The number of hydrogen-bond acceptors (Lipinski definition) is 2. The molecule has 13 aromatic rings. The van der Waals surface area contributed by atoms with Crippen molar-refractivity contribution in [1.29, 1.82) is 0 Å². The predicted octanol–water partition coefficient (Wildman–Crippen LogP) is 19.6. The Morgan fingerprint density at radius 1 is 0.347 bits per heavy atom. The van der Waals surface area contributed by atoms with Gasteiger partial charge in [0.05, 0.1) is 21.4 Å². The molecule has 0 fully saturated rings. The largest absolute Gasteiger partial charge is 0.309 e. The van der Waals surface area contributed by atoms with Crippen molar-refractivity contribution in [3.8, 4) is 61.3 Å². The van der Waals surface area contributed by atoms with Gasteiger partial charge in [-0.15, -0.1) is 11.3 Å². The number of para-hydroxylation sites is 2. The molecule has 2 aromatic heterocycles. The van der Waals surface area contributed by atoms with Crippen molar-refractivity contribution in [2.24, 2.45) is 0 Å². The molecule has 14 rings (SSSR count). The number of nitrogens with zero attached hydrogens (tertiary/aromatic N) is 2. The SMILES string of the molecule is CC1(C)c2ccccc2-c2ccc(N(c3ccc(-c4cccc(-c5cccc(-c6cccc(-c7ccc8c(c7)c7ccccc7n8-c7ccccc7)c6)c5)c4)cc3)c3cccc4c3sc3ccccc34)cc21. The summed E-state index contributed by atoms with van der Waals surface area (Å²) in [6.45, 7) is 4.73. The van der Waals surface area contributed by atoms with Crippen molar-refractivity contribution in [2.45, 2.75) is 19.3 Å². The molecular weight excluding hydrogens is 889 g/mol. The normalized spacial score (nSPS) is 12.7. The molecule has 0 amide bonds. The monoisotopic (exact) mass is 936 g/mol. The summed E-state index contributed by atoms with van der Waals surface area (Å²) in [4.78, 5) is 2.47. The highest BCUT2D eigenvalue weighted by atomic mass is 32.1. The van der Waals surface area contributed by atoms with Crippen molar-refractivity contribution >= 4 is 70.4 Å². The Morgan fingerprint density at radius 2 is 0.875 bits per heavy atom. The molecule has 0 atom stereocenters. The molecule has 1 aliphatic rings. The standard InChI is InChI=1S/C69H48N2S/c1-69(2)62-28-9-6-24-56(62)57-38-37-55(44-63(57)69)70(66-30-15-27-60-59-26-8-11-31-67(59)72-68(60)66)54-35-32-45(33-36-54)46-16-12-17-47(40-46)48-18-13-19-49(41-48)50-20-14-21-51(42-50)52-34-39-65-61(43-52)58-25-7-10-29-64(58)71(65)53-22-4-3-5-23-53/h3-44H,1-2H3. The second kappa shape index (κ2) is 16.7. The quantitative estimate of drug-likeness (QED) is 0.147. The van der Waals surface area contributed by atoms with E-state index in [-0.39, 0.29) is 5.41 Å². The van der Waals surface area contributed by atoms with E-state index < -0.39 is 0 Å².